The number of nitrogens with zero attached hydrogens (tertiary/aromatic N) is 6. The molecule has 0 aliphatic heterocycles. The Hall–Kier alpha value is -11.9. The molecule has 18 rings (SSSR count). The Kier molecular flexibility index (Phi) is 12.5. The van der Waals surface area contributed by atoms with Crippen LogP contribution in [0.1, 0.15) is 11.1 Å². The predicted molar refractivity (Wildman–Crippen MR) is 377 cm³/mol. The van der Waals surface area contributed by atoms with Gasteiger partial charge < -0.3 is 18.3 Å². The van der Waals surface area contributed by atoms with Gasteiger partial charge in [-0.3, -0.25) is 9.97 Å². The van der Waals surface area contributed by atoms with Crippen LogP contribution in [0.25, 0.3) is 154 Å². The van der Waals surface area contributed by atoms with Crippen molar-refractivity contribution < 1.29 is 0 Å². The van der Waals surface area contributed by atoms with Gasteiger partial charge in [0.25, 0.3) is 0 Å². The first kappa shape index (κ1) is 52.5. The highest BCUT2D eigenvalue weighted by Crippen LogP contribution is 2.40. The van der Waals surface area contributed by atoms with E-state index in [0.29, 0.717) is 0 Å². The van der Waals surface area contributed by atoms with Gasteiger partial charge in [0.2, 0.25) is 0 Å². The maximum atomic E-state index is 4.73. The van der Waals surface area contributed by atoms with Crippen LogP contribution in [0.3, 0.4) is 0 Å². The van der Waals surface area contributed by atoms with E-state index in [2.05, 4.69) is 323 Å². The third-order valence-corrected chi connectivity index (χ3v) is 18.0. The molecular weight excluding hydrogens is 1090 g/mol. The molecule has 0 unspecified atom stereocenters. The van der Waals surface area contributed by atoms with Gasteiger partial charge in [-0.05, 0) is 156 Å². The predicted octanol–water partition coefficient (Wildman–Crippen LogP) is 21.8. The zero-order valence-corrected chi connectivity index (χ0v) is 49.7. The van der Waals surface area contributed by atoms with E-state index < -0.39 is 0 Å². The molecule has 0 atom stereocenters. The van der Waals surface area contributed by atoms with Gasteiger partial charge in [0.1, 0.15) is 0 Å². The van der Waals surface area contributed by atoms with E-state index in [1.165, 1.54) is 98.4 Å². The molecule has 6 nitrogen and oxygen atoms in total. The van der Waals surface area contributed by atoms with Crippen molar-refractivity contribution in [1.82, 2.24) is 28.2 Å². The molecule has 90 heavy (non-hydrogen) atoms. The molecule has 6 aromatic heterocycles. The summed E-state index contributed by atoms with van der Waals surface area (Å²) < 4.78 is 9.49. The van der Waals surface area contributed by atoms with Crippen molar-refractivity contribution >= 4 is 87.2 Å². The van der Waals surface area contributed by atoms with Gasteiger partial charge in [0.15, 0.2) is 0 Å². The fourth-order valence-electron chi connectivity index (χ4n) is 13.9. The van der Waals surface area contributed by atoms with E-state index in [-0.39, 0.29) is 0 Å². The Bertz CT molecular complexity index is 5390. The third kappa shape index (κ3) is 8.87. The number of fused-ring (bicyclic) bond motifs is 12. The number of aryl methyl sites for hydroxylation is 2. The fraction of sp³-hybridized carbons (Fsp3) is 0.0238. The average Bonchev–Trinajstić information content (AvgIpc) is 1.67. The summed E-state index contributed by atoms with van der Waals surface area (Å²) in [6.07, 6.45) is 7.87. The highest BCUT2D eigenvalue weighted by molar-refractivity contribution is 6.12. The first-order chi connectivity index (χ1) is 44.5. The molecule has 12 aromatic carbocycles. The first-order valence-electron chi connectivity index (χ1n) is 30.8. The topological polar surface area (TPSA) is 45.5 Å². The maximum absolute atomic E-state index is 4.73. The number of para-hydroxylation sites is 6. The highest BCUT2D eigenvalue weighted by atomic mass is 15.0. The molecule has 6 heterocycles. The zero-order chi connectivity index (χ0) is 59.8. The molecule has 0 saturated heterocycles. The number of rotatable bonds is 8. The molecule has 0 spiro atoms. The van der Waals surface area contributed by atoms with Crippen LogP contribution in [-0.2, 0) is 0 Å². The second-order valence-corrected chi connectivity index (χ2v) is 23.6. The Labute approximate surface area is 520 Å². The number of pyridine rings is 2. The van der Waals surface area contributed by atoms with E-state index >= 15 is 0 Å². The minimum absolute atomic E-state index is 1.09. The van der Waals surface area contributed by atoms with E-state index in [4.69, 9.17) is 9.97 Å². The summed E-state index contributed by atoms with van der Waals surface area (Å²) in [6.45, 7) is 4.32. The van der Waals surface area contributed by atoms with E-state index in [1.807, 2.05) is 24.8 Å². The quantitative estimate of drug-likeness (QED) is 0.152. The molecule has 0 amide bonds. The standard InChI is InChI=1S/C43H31N3.C41H27N3/c1-28-17-19-38-36-13-3-5-15-40(36)45(42(38)21-28)34-11-7-9-30(24-34)32-23-33(27-44-26-32)31-10-8-12-35(25-31)46-41-16-6-4-14-37(41)39-20-18-29(2)22-43(39)46;1-5-19-38-34(15-1)35-16-2-6-20-39(35)43(38)32-13-9-11-28(24-32)30-23-31(27-42-26-30)29-12-10-14-33(25-29)44-40-21-7-3-17-36(40)37-18-4-8-22-41(37)44/h3-27H,1-2H3;1-27H. The molecule has 0 fully saturated rings. The number of benzene rings is 12. The largest absolute Gasteiger partial charge is 0.309 e. The van der Waals surface area contributed by atoms with Crippen molar-refractivity contribution in [2.45, 2.75) is 13.8 Å². The fourth-order valence-corrected chi connectivity index (χ4v) is 13.9. The Balaban J connectivity index is 0.000000139. The SMILES string of the molecule is Cc1ccc2c3ccccc3n(-c3cccc(-c4cncc(-c5cccc(-n6c7ccccc7c7ccc(C)cc76)c5)c4)c3)c2c1.c1cc(-c2cncc(-c3cccc(-n4c5ccccc5c5ccccc54)c3)c2)cc(-n2c3ccccc3c3ccccc32)c1. The third-order valence-electron chi connectivity index (χ3n) is 18.0. The minimum atomic E-state index is 1.09. The van der Waals surface area contributed by atoms with Crippen molar-refractivity contribution in [3.63, 3.8) is 0 Å². The molecule has 6 heteroatoms. The van der Waals surface area contributed by atoms with Gasteiger partial charge in [0, 0.05) is 113 Å². The molecule has 18 aromatic rings. The normalized spacial score (nSPS) is 11.7. The second-order valence-electron chi connectivity index (χ2n) is 23.6. The minimum Gasteiger partial charge on any atom is -0.309 e. The van der Waals surface area contributed by atoms with Crippen molar-refractivity contribution in [3.05, 3.63) is 327 Å². The molecular formula is C84H58N6. The van der Waals surface area contributed by atoms with Gasteiger partial charge >= 0.3 is 0 Å². The summed E-state index contributed by atoms with van der Waals surface area (Å²) in [7, 11) is 0. The van der Waals surface area contributed by atoms with Crippen molar-refractivity contribution in [1.29, 1.82) is 0 Å². The van der Waals surface area contributed by atoms with Crippen LogP contribution < -0.4 is 0 Å². The van der Waals surface area contributed by atoms with Crippen molar-refractivity contribution in [2.24, 2.45) is 0 Å². The number of hydrogen-bond donors (Lipinski definition) is 0. The monoisotopic (exact) mass is 1150 g/mol. The summed E-state index contributed by atoms with van der Waals surface area (Å²) in [5.41, 5.74) is 25.7. The number of hydrogen-bond acceptors (Lipinski definition) is 2. The lowest BCUT2D eigenvalue weighted by Gasteiger charge is -2.12. The molecule has 0 saturated carbocycles. The van der Waals surface area contributed by atoms with Crippen molar-refractivity contribution in [3.8, 4) is 67.3 Å². The Morgan fingerprint density at radius 2 is 0.422 bits per heavy atom. The van der Waals surface area contributed by atoms with Crippen LogP contribution in [0.2, 0.25) is 0 Å². The van der Waals surface area contributed by atoms with E-state index in [0.717, 1.165) is 67.3 Å². The summed E-state index contributed by atoms with van der Waals surface area (Å²) in [5.74, 6) is 0. The van der Waals surface area contributed by atoms with Gasteiger partial charge in [-0.2, -0.15) is 0 Å². The Morgan fingerprint density at radius 3 is 0.689 bits per heavy atom. The molecule has 0 aliphatic carbocycles. The van der Waals surface area contributed by atoms with Gasteiger partial charge in [-0.1, -0.05) is 182 Å². The number of aromatic nitrogens is 6. The van der Waals surface area contributed by atoms with Crippen LogP contribution in [0.15, 0.2) is 316 Å². The lowest BCUT2D eigenvalue weighted by molar-refractivity contribution is 1.18. The summed E-state index contributed by atoms with van der Waals surface area (Å²) in [5, 5.41) is 10.1. The van der Waals surface area contributed by atoms with Crippen LogP contribution in [0.5, 0.6) is 0 Å². The lowest BCUT2D eigenvalue weighted by atomic mass is 10.0. The first-order valence-corrected chi connectivity index (χ1v) is 30.8. The van der Waals surface area contributed by atoms with Gasteiger partial charge in [-0.25, -0.2) is 0 Å². The summed E-state index contributed by atoms with van der Waals surface area (Å²) >= 11 is 0. The van der Waals surface area contributed by atoms with Gasteiger partial charge in [-0.15, -0.1) is 0 Å². The summed E-state index contributed by atoms with van der Waals surface area (Å²) in [6, 6.07) is 105. The summed E-state index contributed by atoms with van der Waals surface area (Å²) in [4.78, 5) is 9.44. The van der Waals surface area contributed by atoms with E-state index in [9.17, 15) is 0 Å². The van der Waals surface area contributed by atoms with Crippen molar-refractivity contribution in [2.75, 3.05) is 0 Å². The molecule has 0 N–H and O–H groups in total. The maximum Gasteiger partial charge on any atom is 0.0543 e. The van der Waals surface area contributed by atoms with Gasteiger partial charge in [0.05, 0.1) is 44.1 Å². The Morgan fingerprint density at radius 1 is 0.189 bits per heavy atom. The lowest BCUT2D eigenvalue weighted by Crippen LogP contribution is -1.95. The molecule has 424 valence electrons. The van der Waals surface area contributed by atoms with E-state index in [1.54, 1.807) is 0 Å². The smallest absolute Gasteiger partial charge is 0.0543 e. The van der Waals surface area contributed by atoms with Crippen LogP contribution in [0.4, 0.5) is 0 Å². The second kappa shape index (κ2) is 21.5. The molecule has 0 radical (unpaired) electrons. The molecule has 0 bridgehead atoms. The molecule has 0 aliphatic rings. The van der Waals surface area contributed by atoms with Crippen LogP contribution >= 0.6 is 0 Å². The zero-order valence-electron chi connectivity index (χ0n) is 49.7. The highest BCUT2D eigenvalue weighted by Gasteiger charge is 2.18. The van der Waals surface area contributed by atoms with Crippen LogP contribution in [-0.4, -0.2) is 28.2 Å². The average molecular weight is 1150 g/mol. The van der Waals surface area contributed by atoms with Crippen LogP contribution in [0, 0.1) is 13.8 Å².